The number of nitrogens with one attached hydrogen (secondary N) is 1. The van der Waals surface area contributed by atoms with Crippen LogP contribution in [-0.4, -0.2) is 23.6 Å². The van der Waals surface area contributed by atoms with Gasteiger partial charge in [0.25, 0.3) is 0 Å². The van der Waals surface area contributed by atoms with Gasteiger partial charge in [-0.3, -0.25) is 0 Å². The van der Waals surface area contributed by atoms with Gasteiger partial charge >= 0.3 is 0 Å². The molecule has 0 amide bonds. The van der Waals surface area contributed by atoms with Gasteiger partial charge < -0.3 is 10.1 Å². The number of aromatic nitrogens is 2. The maximum absolute atomic E-state index is 5.33. The summed E-state index contributed by atoms with van der Waals surface area (Å²) in [5, 5.41) is 3.16. The second-order valence-corrected chi connectivity index (χ2v) is 4.49. The summed E-state index contributed by atoms with van der Waals surface area (Å²) in [5.74, 6) is 1.47. The van der Waals surface area contributed by atoms with Crippen LogP contribution in [0, 0.1) is 0 Å². The van der Waals surface area contributed by atoms with E-state index in [2.05, 4.69) is 31.2 Å². The molecule has 1 heterocycles. The Balaban J connectivity index is 3.07. The summed E-state index contributed by atoms with van der Waals surface area (Å²) in [6.45, 7) is 6.72. The zero-order valence-electron chi connectivity index (χ0n) is 9.47. The summed E-state index contributed by atoms with van der Waals surface area (Å²) in [7, 11) is 1.65. The number of ether oxygens (including phenoxy) is 1. The Labute approximate surface area is 98.6 Å². The van der Waals surface area contributed by atoms with Gasteiger partial charge in [-0.2, -0.15) is 0 Å². The van der Waals surface area contributed by atoms with Crippen LogP contribution < -0.4 is 5.32 Å². The summed E-state index contributed by atoms with van der Waals surface area (Å²) >= 11 is 3.39. The number of hydrogen-bond acceptors (Lipinski definition) is 4. The van der Waals surface area contributed by atoms with Crippen LogP contribution in [0.15, 0.2) is 10.7 Å². The van der Waals surface area contributed by atoms with Gasteiger partial charge in [-0.15, -0.1) is 0 Å². The van der Waals surface area contributed by atoms with Crippen molar-refractivity contribution in [3.8, 4) is 0 Å². The second-order valence-electron chi connectivity index (χ2n) is 3.63. The maximum Gasteiger partial charge on any atom is 0.162 e. The highest BCUT2D eigenvalue weighted by Gasteiger charge is 2.23. The largest absolute Gasteiger partial charge is 0.371 e. The molecule has 0 atom stereocenters. The van der Waals surface area contributed by atoms with E-state index in [1.165, 1.54) is 0 Å². The van der Waals surface area contributed by atoms with Gasteiger partial charge in [0.2, 0.25) is 0 Å². The molecule has 1 rings (SSSR count). The molecule has 0 bridgehead atoms. The molecule has 84 valence electrons. The normalized spacial score (nSPS) is 11.5. The Kier molecular flexibility index (Phi) is 4.04. The van der Waals surface area contributed by atoms with Gasteiger partial charge in [0, 0.05) is 19.9 Å². The third kappa shape index (κ3) is 2.89. The highest BCUT2D eigenvalue weighted by Crippen LogP contribution is 2.25. The standard InChI is InChI=1S/C10H16BrN3O/c1-5-12-8-7(11)6-13-9(14-8)10(2,3)15-4/h6H,5H2,1-4H3,(H,12,13,14). The maximum atomic E-state index is 5.33. The molecule has 4 nitrogen and oxygen atoms in total. The molecule has 1 aromatic rings. The molecule has 0 saturated carbocycles. The molecule has 0 fully saturated rings. The monoisotopic (exact) mass is 273 g/mol. The number of anilines is 1. The first kappa shape index (κ1) is 12.4. The minimum absolute atomic E-state index is 0.467. The van der Waals surface area contributed by atoms with E-state index in [-0.39, 0.29) is 0 Å². The summed E-state index contributed by atoms with van der Waals surface area (Å²) in [4.78, 5) is 8.65. The van der Waals surface area contributed by atoms with E-state index in [0.717, 1.165) is 16.8 Å². The van der Waals surface area contributed by atoms with E-state index >= 15 is 0 Å². The summed E-state index contributed by atoms with van der Waals surface area (Å²) in [6, 6.07) is 0. The van der Waals surface area contributed by atoms with E-state index < -0.39 is 5.60 Å². The van der Waals surface area contributed by atoms with E-state index in [1.54, 1.807) is 13.3 Å². The lowest BCUT2D eigenvalue weighted by Crippen LogP contribution is -2.23. The molecule has 0 saturated heterocycles. The van der Waals surface area contributed by atoms with Crippen molar-refractivity contribution in [2.75, 3.05) is 19.0 Å². The summed E-state index contributed by atoms with van der Waals surface area (Å²) < 4.78 is 6.19. The topological polar surface area (TPSA) is 47.0 Å². The lowest BCUT2D eigenvalue weighted by atomic mass is 10.1. The van der Waals surface area contributed by atoms with Crippen LogP contribution >= 0.6 is 15.9 Å². The van der Waals surface area contributed by atoms with Crippen molar-refractivity contribution in [2.24, 2.45) is 0 Å². The minimum atomic E-state index is -0.467. The predicted molar refractivity (Wildman–Crippen MR) is 63.9 cm³/mol. The molecule has 0 unspecified atom stereocenters. The molecule has 0 spiro atoms. The molecule has 5 heteroatoms. The Morgan fingerprint density at radius 2 is 2.20 bits per heavy atom. The highest BCUT2D eigenvalue weighted by molar-refractivity contribution is 9.10. The average Bonchev–Trinajstić information content (AvgIpc) is 2.21. The van der Waals surface area contributed by atoms with Gasteiger partial charge in [0.05, 0.1) is 4.47 Å². The predicted octanol–water partition coefficient (Wildman–Crippen LogP) is 2.55. The fourth-order valence-electron chi connectivity index (χ4n) is 1.04. The molecule has 0 aliphatic rings. The van der Waals surface area contributed by atoms with Crippen molar-refractivity contribution >= 4 is 21.7 Å². The molecule has 0 aliphatic carbocycles. The Morgan fingerprint density at radius 1 is 1.53 bits per heavy atom. The van der Waals surface area contributed by atoms with Crippen molar-refractivity contribution in [2.45, 2.75) is 26.4 Å². The van der Waals surface area contributed by atoms with Gasteiger partial charge in [-0.1, -0.05) is 0 Å². The zero-order chi connectivity index (χ0) is 11.5. The van der Waals surface area contributed by atoms with E-state index in [1.807, 2.05) is 20.8 Å². The Hall–Kier alpha value is -0.680. The highest BCUT2D eigenvalue weighted by atomic mass is 79.9. The molecule has 1 aromatic heterocycles. The Morgan fingerprint density at radius 3 is 2.73 bits per heavy atom. The smallest absolute Gasteiger partial charge is 0.162 e. The molecule has 0 radical (unpaired) electrons. The third-order valence-electron chi connectivity index (χ3n) is 2.14. The molecular formula is C10H16BrN3O. The zero-order valence-corrected chi connectivity index (χ0v) is 11.1. The first-order valence-corrected chi connectivity index (χ1v) is 5.62. The van der Waals surface area contributed by atoms with Crippen LogP contribution in [-0.2, 0) is 10.3 Å². The molecule has 0 aliphatic heterocycles. The lowest BCUT2D eigenvalue weighted by molar-refractivity contribution is 0.0115. The summed E-state index contributed by atoms with van der Waals surface area (Å²) in [6.07, 6.45) is 1.74. The van der Waals surface area contributed by atoms with E-state index in [0.29, 0.717) is 5.82 Å². The van der Waals surface area contributed by atoms with Gasteiger partial charge in [0.1, 0.15) is 11.4 Å². The molecule has 1 N–H and O–H groups in total. The third-order valence-corrected chi connectivity index (χ3v) is 2.72. The fraction of sp³-hybridized carbons (Fsp3) is 0.600. The van der Waals surface area contributed by atoms with Crippen LogP contribution in [0.4, 0.5) is 5.82 Å². The van der Waals surface area contributed by atoms with Crippen LogP contribution in [0.25, 0.3) is 0 Å². The quantitative estimate of drug-likeness (QED) is 0.916. The number of methoxy groups -OCH3 is 1. The van der Waals surface area contributed by atoms with Crippen molar-refractivity contribution < 1.29 is 4.74 Å². The number of hydrogen-bond donors (Lipinski definition) is 1. The number of halogens is 1. The molecular weight excluding hydrogens is 258 g/mol. The van der Waals surface area contributed by atoms with Crippen LogP contribution in [0.3, 0.4) is 0 Å². The van der Waals surface area contributed by atoms with Gasteiger partial charge in [-0.25, -0.2) is 9.97 Å². The van der Waals surface area contributed by atoms with Crippen molar-refractivity contribution in [3.63, 3.8) is 0 Å². The van der Waals surface area contributed by atoms with E-state index in [9.17, 15) is 0 Å². The summed E-state index contributed by atoms with van der Waals surface area (Å²) in [5.41, 5.74) is -0.467. The fourth-order valence-corrected chi connectivity index (χ4v) is 1.37. The lowest BCUT2D eigenvalue weighted by Gasteiger charge is -2.21. The van der Waals surface area contributed by atoms with Crippen LogP contribution in [0.1, 0.15) is 26.6 Å². The average molecular weight is 274 g/mol. The SMILES string of the molecule is CCNc1nc(C(C)(C)OC)ncc1Br. The molecule has 0 aromatic carbocycles. The van der Waals surface area contributed by atoms with E-state index in [4.69, 9.17) is 4.74 Å². The minimum Gasteiger partial charge on any atom is -0.371 e. The van der Waals surface area contributed by atoms with Crippen LogP contribution in [0.5, 0.6) is 0 Å². The first-order valence-electron chi connectivity index (χ1n) is 4.83. The van der Waals surface area contributed by atoms with Gasteiger partial charge in [0.15, 0.2) is 5.82 Å². The number of nitrogens with zero attached hydrogens (tertiary/aromatic N) is 2. The van der Waals surface area contributed by atoms with Crippen molar-refractivity contribution in [1.29, 1.82) is 0 Å². The van der Waals surface area contributed by atoms with Crippen molar-refractivity contribution in [3.05, 3.63) is 16.5 Å². The molecule has 15 heavy (non-hydrogen) atoms. The van der Waals surface area contributed by atoms with Crippen LogP contribution in [0.2, 0.25) is 0 Å². The second kappa shape index (κ2) is 4.90. The first-order chi connectivity index (χ1) is 7.01. The van der Waals surface area contributed by atoms with Gasteiger partial charge in [-0.05, 0) is 36.7 Å². The number of rotatable bonds is 4. The Bertz CT molecular complexity index is 341. The van der Waals surface area contributed by atoms with Crippen molar-refractivity contribution in [1.82, 2.24) is 9.97 Å².